The molecule has 0 saturated carbocycles. The van der Waals surface area contributed by atoms with E-state index in [0.29, 0.717) is 13.2 Å². The highest BCUT2D eigenvalue weighted by Gasteiger charge is 2.17. The van der Waals surface area contributed by atoms with Crippen molar-refractivity contribution >= 4 is 11.6 Å². The van der Waals surface area contributed by atoms with Crippen LogP contribution in [-0.4, -0.2) is 31.7 Å². The van der Waals surface area contributed by atoms with Crippen molar-refractivity contribution in [3.05, 3.63) is 30.1 Å². The van der Waals surface area contributed by atoms with Crippen molar-refractivity contribution in [1.82, 2.24) is 5.32 Å². The fourth-order valence-electron chi connectivity index (χ4n) is 1.72. The third kappa shape index (κ3) is 3.51. The van der Waals surface area contributed by atoms with Gasteiger partial charge in [-0.2, -0.15) is 0 Å². The van der Waals surface area contributed by atoms with E-state index in [0.717, 1.165) is 6.54 Å². The number of morpholine rings is 1. The first-order valence-electron chi connectivity index (χ1n) is 5.62. The van der Waals surface area contributed by atoms with Crippen molar-refractivity contribution < 1.29 is 13.9 Å². The Morgan fingerprint density at radius 1 is 1.53 bits per heavy atom. The average Bonchev–Trinajstić information content (AvgIpc) is 2.33. The van der Waals surface area contributed by atoms with Gasteiger partial charge in [-0.15, -0.1) is 0 Å². The largest absolute Gasteiger partial charge is 0.375 e. The van der Waals surface area contributed by atoms with Gasteiger partial charge in [0.15, 0.2) is 0 Å². The van der Waals surface area contributed by atoms with Crippen LogP contribution >= 0.6 is 0 Å². The van der Waals surface area contributed by atoms with E-state index >= 15 is 0 Å². The predicted octanol–water partition coefficient (Wildman–Crippen LogP) is 1.14. The Hall–Kier alpha value is -1.46. The van der Waals surface area contributed by atoms with Gasteiger partial charge in [-0.25, -0.2) is 4.39 Å². The summed E-state index contributed by atoms with van der Waals surface area (Å²) < 4.78 is 18.7. The van der Waals surface area contributed by atoms with Gasteiger partial charge in [0.05, 0.1) is 24.8 Å². The van der Waals surface area contributed by atoms with Crippen LogP contribution in [0.1, 0.15) is 6.42 Å². The highest BCUT2D eigenvalue weighted by molar-refractivity contribution is 5.91. The zero-order valence-corrected chi connectivity index (χ0v) is 9.41. The third-order valence-corrected chi connectivity index (χ3v) is 2.57. The third-order valence-electron chi connectivity index (χ3n) is 2.57. The number of rotatable bonds is 3. The van der Waals surface area contributed by atoms with Crippen molar-refractivity contribution in [2.45, 2.75) is 12.5 Å². The number of para-hydroxylation sites is 1. The van der Waals surface area contributed by atoms with E-state index in [1.807, 2.05) is 0 Å². The fourth-order valence-corrected chi connectivity index (χ4v) is 1.72. The van der Waals surface area contributed by atoms with E-state index < -0.39 is 5.82 Å². The highest BCUT2D eigenvalue weighted by atomic mass is 19.1. The Morgan fingerprint density at radius 2 is 2.35 bits per heavy atom. The van der Waals surface area contributed by atoms with Gasteiger partial charge >= 0.3 is 0 Å². The average molecular weight is 238 g/mol. The molecule has 1 aromatic rings. The fraction of sp³-hybridized carbons (Fsp3) is 0.417. The number of halogens is 1. The van der Waals surface area contributed by atoms with Gasteiger partial charge in [0.1, 0.15) is 5.82 Å². The van der Waals surface area contributed by atoms with Gasteiger partial charge in [0, 0.05) is 13.1 Å². The summed E-state index contributed by atoms with van der Waals surface area (Å²) in [6, 6.07) is 6.11. The van der Waals surface area contributed by atoms with Crippen LogP contribution in [0.4, 0.5) is 10.1 Å². The van der Waals surface area contributed by atoms with E-state index in [4.69, 9.17) is 4.74 Å². The second-order valence-electron chi connectivity index (χ2n) is 3.93. The summed E-state index contributed by atoms with van der Waals surface area (Å²) in [5, 5.41) is 5.67. The second kappa shape index (κ2) is 5.75. The van der Waals surface area contributed by atoms with E-state index in [-0.39, 0.29) is 24.1 Å². The van der Waals surface area contributed by atoms with Crippen molar-refractivity contribution in [1.29, 1.82) is 0 Å². The maximum Gasteiger partial charge on any atom is 0.227 e. The topological polar surface area (TPSA) is 50.4 Å². The zero-order valence-electron chi connectivity index (χ0n) is 9.41. The van der Waals surface area contributed by atoms with Crippen molar-refractivity contribution in [3.63, 3.8) is 0 Å². The van der Waals surface area contributed by atoms with Gasteiger partial charge in [0.2, 0.25) is 5.91 Å². The van der Waals surface area contributed by atoms with E-state index in [1.165, 1.54) is 12.1 Å². The molecule has 4 nitrogen and oxygen atoms in total. The van der Waals surface area contributed by atoms with Crippen LogP contribution in [0.15, 0.2) is 24.3 Å². The molecule has 1 amide bonds. The van der Waals surface area contributed by atoms with Crippen molar-refractivity contribution in [3.8, 4) is 0 Å². The number of nitrogens with one attached hydrogen (secondary N) is 2. The standard InChI is InChI=1S/C12H15FN2O2/c13-10-3-1-2-4-11(10)15-12(16)7-9-8-14-5-6-17-9/h1-4,9,14H,5-8H2,(H,15,16). The molecule has 0 bridgehead atoms. The molecule has 2 N–H and O–H groups in total. The van der Waals surface area contributed by atoms with E-state index in [2.05, 4.69) is 10.6 Å². The Bertz CT molecular complexity index is 392. The lowest BCUT2D eigenvalue weighted by Crippen LogP contribution is -2.40. The van der Waals surface area contributed by atoms with Crippen molar-refractivity contribution in [2.24, 2.45) is 0 Å². The summed E-state index contributed by atoms with van der Waals surface area (Å²) >= 11 is 0. The lowest BCUT2D eigenvalue weighted by Gasteiger charge is -2.23. The summed E-state index contributed by atoms with van der Waals surface area (Å²) in [4.78, 5) is 11.6. The first-order chi connectivity index (χ1) is 8.25. The van der Waals surface area contributed by atoms with Crippen LogP contribution in [-0.2, 0) is 9.53 Å². The number of hydrogen-bond acceptors (Lipinski definition) is 3. The molecule has 1 atom stereocenters. The predicted molar refractivity (Wildman–Crippen MR) is 62.3 cm³/mol. The summed E-state index contributed by atoms with van der Waals surface area (Å²) in [6.07, 6.45) is 0.108. The molecule has 17 heavy (non-hydrogen) atoms. The SMILES string of the molecule is O=C(CC1CNCCO1)Nc1ccccc1F. The molecule has 1 fully saturated rings. The number of carbonyl (C=O) groups is 1. The minimum Gasteiger partial charge on any atom is -0.375 e. The van der Waals surface area contributed by atoms with E-state index in [1.54, 1.807) is 12.1 Å². The molecule has 92 valence electrons. The number of ether oxygens (including phenoxy) is 1. The Morgan fingerprint density at radius 3 is 3.06 bits per heavy atom. The van der Waals surface area contributed by atoms with Gasteiger partial charge in [-0.3, -0.25) is 4.79 Å². The van der Waals surface area contributed by atoms with Gasteiger partial charge in [0.25, 0.3) is 0 Å². The molecule has 0 aliphatic carbocycles. The number of anilines is 1. The molecule has 2 rings (SSSR count). The molecule has 0 spiro atoms. The quantitative estimate of drug-likeness (QED) is 0.830. The smallest absolute Gasteiger partial charge is 0.227 e. The monoisotopic (exact) mass is 238 g/mol. The van der Waals surface area contributed by atoms with Crippen LogP contribution in [0.25, 0.3) is 0 Å². The van der Waals surface area contributed by atoms with Gasteiger partial charge in [-0.1, -0.05) is 12.1 Å². The number of amides is 1. The van der Waals surface area contributed by atoms with Crippen LogP contribution in [0.3, 0.4) is 0 Å². The maximum absolute atomic E-state index is 13.3. The molecule has 1 aromatic carbocycles. The lowest BCUT2D eigenvalue weighted by atomic mass is 10.2. The molecular formula is C12H15FN2O2. The van der Waals surface area contributed by atoms with Gasteiger partial charge in [-0.05, 0) is 12.1 Å². The molecule has 1 heterocycles. The van der Waals surface area contributed by atoms with E-state index in [9.17, 15) is 9.18 Å². The molecule has 1 unspecified atom stereocenters. The Labute approximate surface area is 99.2 Å². The summed E-state index contributed by atoms with van der Waals surface area (Å²) in [5.41, 5.74) is 0.210. The Kier molecular flexibility index (Phi) is 4.06. The van der Waals surface area contributed by atoms with Gasteiger partial charge < -0.3 is 15.4 Å². The molecular weight excluding hydrogens is 223 g/mol. The highest BCUT2D eigenvalue weighted by Crippen LogP contribution is 2.13. The first-order valence-corrected chi connectivity index (χ1v) is 5.62. The van der Waals surface area contributed by atoms with Crippen LogP contribution in [0.5, 0.6) is 0 Å². The normalized spacial score (nSPS) is 19.9. The molecule has 1 aliphatic heterocycles. The minimum absolute atomic E-state index is 0.129. The molecule has 5 heteroatoms. The van der Waals surface area contributed by atoms with Crippen LogP contribution in [0.2, 0.25) is 0 Å². The lowest BCUT2D eigenvalue weighted by molar-refractivity contribution is -0.119. The summed E-state index contributed by atoms with van der Waals surface area (Å²) in [6.45, 7) is 2.08. The molecule has 0 radical (unpaired) electrons. The second-order valence-corrected chi connectivity index (χ2v) is 3.93. The summed E-state index contributed by atoms with van der Waals surface area (Å²) in [5.74, 6) is -0.660. The maximum atomic E-state index is 13.3. The molecule has 0 aromatic heterocycles. The number of carbonyl (C=O) groups excluding carboxylic acids is 1. The Balaban J connectivity index is 1.86. The number of benzene rings is 1. The minimum atomic E-state index is -0.427. The molecule has 1 saturated heterocycles. The first kappa shape index (κ1) is 12.0. The zero-order chi connectivity index (χ0) is 12.1. The number of hydrogen-bond donors (Lipinski definition) is 2. The van der Waals surface area contributed by atoms with Crippen LogP contribution in [0, 0.1) is 5.82 Å². The van der Waals surface area contributed by atoms with Crippen molar-refractivity contribution in [2.75, 3.05) is 25.0 Å². The molecule has 1 aliphatic rings. The van der Waals surface area contributed by atoms with Crippen LogP contribution < -0.4 is 10.6 Å². The summed E-state index contributed by atoms with van der Waals surface area (Å²) in [7, 11) is 0.